The van der Waals surface area contributed by atoms with Gasteiger partial charge in [-0.15, -0.1) is 0 Å². The molecule has 66 valence electrons. The van der Waals surface area contributed by atoms with Gasteiger partial charge in [-0.05, 0) is 36.2 Å². The molecular formula is C9H19NS. The molecule has 0 spiro atoms. The zero-order chi connectivity index (χ0) is 8.27. The van der Waals surface area contributed by atoms with Crippen molar-refractivity contribution in [1.29, 1.82) is 0 Å². The average Bonchev–Trinajstić information content (AvgIpc) is 2.39. The molecule has 0 amide bonds. The van der Waals surface area contributed by atoms with Gasteiger partial charge in [0, 0.05) is 6.04 Å². The number of hydrogen-bond acceptors (Lipinski definition) is 2. The molecule has 2 N–H and O–H groups in total. The molecule has 1 fully saturated rings. The maximum atomic E-state index is 5.99. The third-order valence-corrected chi connectivity index (χ3v) is 3.72. The first-order chi connectivity index (χ1) is 5.20. The third kappa shape index (κ3) is 3.04. The standard InChI is InChI=1S/C9H19NS/c1-7(2)9(10)5-8-3-4-11-6-8/h7-9H,3-6,10H2,1-2H3. The molecule has 0 aromatic heterocycles. The van der Waals surface area contributed by atoms with Crippen LogP contribution in [0.4, 0.5) is 0 Å². The highest BCUT2D eigenvalue weighted by atomic mass is 32.2. The Morgan fingerprint density at radius 2 is 2.27 bits per heavy atom. The molecule has 1 aliphatic rings. The van der Waals surface area contributed by atoms with Crippen LogP contribution >= 0.6 is 11.8 Å². The SMILES string of the molecule is CC(C)C(N)CC1CCSC1. The third-order valence-electron chi connectivity index (χ3n) is 2.49. The smallest absolute Gasteiger partial charge is 0.00648 e. The summed E-state index contributed by atoms with van der Waals surface area (Å²) in [4.78, 5) is 0. The fourth-order valence-electron chi connectivity index (χ4n) is 1.43. The molecule has 2 unspecified atom stereocenters. The lowest BCUT2D eigenvalue weighted by Gasteiger charge is -2.18. The molecule has 2 atom stereocenters. The van der Waals surface area contributed by atoms with Crippen LogP contribution in [0.15, 0.2) is 0 Å². The van der Waals surface area contributed by atoms with Gasteiger partial charge in [0.2, 0.25) is 0 Å². The van der Waals surface area contributed by atoms with Crippen molar-refractivity contribution in [2.75, 3.05) is 11.5 Å². The number of rotatable bonds is 3. The van der Waals surface area contributed by atoms with Gasteiger partial charge in [-0.3, -0.25) is 0 Å². The van der Waals surface area contributed by atoms with Gasteiger partial charge in [0.05, 0.1) is 0 Å². The maximum absolute atomic E-state index is 5.99. The van der Waals surface area contributed by atoms with Gasteiger partial charge in [0.15, 0.2) is 0 Å². The number of nitrogens with two attached hydrogens (primary N) is 1. The van der Waals surface area contributed by atoms with Gasteiger partial charge >= 0.3 is 0 Å². The summed E-state index contributed by atoms with van der Waals surface area (Å²) < 4.78 is 0. The molecule has 1 saturated heterocycles. The van der Waals surface area contributed by atoms with Crippen molar-refractivity contribution < 1.29 is 0 Å². The second kappa shape index (κ2) is 4.36. The minimum atomic E-state index is 0.429. The van der Waals surface area contributed by atoms with Crippen LogP contribution in [0.1, 0.15) is 26.7 Å². The van der Waals surface area contributed by atoms with E-state index in [4.69, 9.17) is 5.73 Å². The summed E-state index contributed by atoms with van der Waals surface area (Å²) >= 11 is 2.08. The van der Waals surface area contributed by atoms with Crippen molar-refractivity contribution in [3.05, 3.63) is 0 Å². The van der Waals surface area contributed by atoms with E-state index in [1.165, 1.54) is 24.3 Å². The molecule has 0 bridgehead atoms. The fourth-order valence-corrected chi connectivity index (χ4v) is 2.73. The molecular weight excluding hydrogens is 154 g/mol. The predicted octanol–water partition coefficient (Wildman–Crippen LogP) is 2.11. The van der Waals surface area contributed by atoms with Crippen LogP contribution in [0.2, 0.25) is 0 Å². The van der Waals surface area contributed by atoms with Crippen LogP contribution in [0.3, 0.4) is 0 Å². The van der Waals surface area contributed by atoms with Crippen molar-refractivity contribution in [3.63, 3.8) is 0 Å². The molecule has 1 aliphatic heterocycles. The van der Waals surface area contributed by atoms with E-state index in [-0.39, 0.29) is 0 Å². The quantitative estimate of drug-likeness (QED) is 0.707. The van der Waals surface area contributed by atoms with Crippen molar-refractivity contribution in [2.24, 2.45) is 17.6 Å². The molecule has 0 aromatic carbocycles. The molecule has 2 heteroatoms. The van der Waals surface area contributed by atoms with Gasteiger partial charge in [0.25, 0.3) is 0 Å². The fraction of sp³-hybridized carbons (Fsp3) is 1.00. The van der Waals surface area contributed by atoms with E-state index in [1.54, 1.807) is 0 Å². The van der Waals surface area contributed by atoms with Gasteiger partial charge in [-0.25, -0.2) is 0 Å². The summed E-state index contributed by atoms with van der Waals surface area (Å²) in [7, 11) is 0. The van der Waals surface area contributed by atoms with Gasteiger partial charge in [0.1, 0.15) is 0 Å². The molecule has 1 heterocycles. The zero-order valence-corrected chi connectivity index (χ0v) is 8.36. The summed E-state index contributed by atoms with van der Waals surface area (Å²) in [5.74, 6) is 4.27. The molecule has 0 aromatic rings. The zero-order valence-electron chi connectivity index (χ0n) is 7.55. The monoisotopic (exact) mass is 173 g/mol. The van der Waals surface area contributed by atoms with Crippen LogP contribution in [0, 0.1) is 11.8 Å². The van der Waals surface area contributed by atoms with Crippen molar-refractivity contribution in [1.82, 2.24) is 0 Å². The molecule has 1 nitrogen and oxygen atoms in total. The lowest BCUT2D eigenvalue weighted by atomic mass is 9.93. The van der Waals surface area contributed by atoms with Gasteiger partial charge < -0.3 is 5.73 Å². The Labute approximate surface area is 74.1 Å². The van der Waals surface area contributed by atoms with Crippen LogP contribution in [-0.4, -0.2) is 17.5 Å². The lowest BCUT2D eigenvalue weighted by molar-refractivity contribution is 0.394. The van der Waals surface area contributed by atoms with Crippen molar-refractivity contribution in [2.45, 2.75) is 32.7 Å². The van der Waals surface area contributed by atoms with Crippen LogP contribution in [0.5, 0.6) is 0 Å². The van der Waals surface area contributed by atoms with Crippen LogP contribution < -0.4 is 5.73 Å². The van der Waals surface area contributed by atoms with E-state index in [0.29, 0.717) is 12.0 Å². The van der Waals surface area contributed by atoms with E-state index in [1.807, 2.05) is 0 Å². The van der Waals surface area contributed by atoms with E-state index in [9.17, 15) is 0 Å². The van der Waals surface area contributed by atoms with Crippen molar-refractivity contribution >= 4 is 11.8 Å². The second-order valence-electron chi connectivity index (χ2n) is 3.87. The highest BCUT2D eigenvalue weighted by Crippen LogP contribution is 2.27. The average molecular weight is 173 g/mol. The first kappa shape index (κ1) is 9.40. The van der Waals surface area contributed by atoms with Gasteiger partial charge in [-0.1, -0.05) is 13.8 Å². The molecule has 0 radical (unpaired) electrons. The van der Waals surface area contributed by atoms with Gasteiger partial charge in [-0.2, -0.15) is 11.8 Å². The molecule has 0 saturated carbocycles. The number of hydrogen-bond donors (Lipinski definition) is 1. The Kier molecular flexibility index (Phi) is 3.73. The van der Waals surface area contributed by atoms with E-state index in [0.717, 1.165) is 5.92 Å². The first-order valence-corrected chi connectivity index (χ1v) is 5.69. The van der Waals surface area contributed by atoms with Crippen molar-refractivity contribution in [3.8, 4) is 0 Å². The highest BCUT2D eigenvalue weighted by Gasteiger charge is 2.19. The maximum Gasteiger partial charge on any atom is 0.00648 e. The Morgan fingerprint density at radius 1 is 1.55 bits per heavy atom. The number of thioether (sulfide) groups is 1. The Hall–Kier alpha value is 0.310. The largest absolute Gasteiger partial charge is 0.327 e. The topological polar surface area (TPSA) is 26.0 Å². The van der Waals surface area contributed by atoms with E-state index < -0.39 is 0 Å². The summed E-state index contributed by atoms with van der Waals surface area (Å²) in [6, 6.07) is 0.429. The normalized spacial score (nSPS) is 27.8. The summed E-state index contributed by atoms with van der Waals surface area (Å²) in [6.07, 6.45) is 2.63. The predicted molar refractivity (Wildman–Crippen MR) is 52.9 cm³/mol. The molecule has 1 rings (SSSR count). The lowest BCUT2D eigenvalue weighted by Crippen LogP contribution is -2.29. The Bertz CT molecular complexity index is 108. The first-order valence-electron chi connectivity index (χ1n) is 4.53. The summed E-state index contributed by atoms with van der Waals surface area (Å²) in [5.41, 5.74) is 5.99. The molecule has 0 aliphatic carbocycles. The summed E-state index contributed by atoms with van der Waals surface area (Å²) in [5, 5.41) is 0. The van der Waals surface area contributed by atoms with E-state index in [2.05, 4.69) is 25.6 Å². The minimum Gasteiger partial charge on any atom is -0.327 e. The van der Waals surface area contributed by atoms with E-state index >= 15 is 0 Å². The van der Waals surface area contributed by atoms with Crippen LogP contribution in [0.25, 0.3) is 0 Å². The Morgan fingerprint density at radius 3 is 2.73 bits per heavy atom. The summed E-state index contributed by atoms with van der Waals surface area (Å²) in [6.45, 7) is 4.43. The second-order valence-corrected chi connectivity index (χ2v) is 5.02. The van der Waals surface area contributed by atoms with Crippen LogP contribution in [-0.2, 0) is 0 Å². The minimum absolute atomic E-state index is 0.429. The highest BCUT2D eigenvalue weighted by molar-refractivity contribution is 7.99. The molecule has 11 heavy (non-hydrogen) atoms. The Balaban J connectivity index is 2.18.